The number of benzene rings is 1. The molecule has 0 saturated carbocycles. The monoisotopic (exact) mass is 281 g/mol. The van der Waals surface area contributed by atoms with E-state index < -0.39 is 10.0 Å². The largest absolute Gasteiger partial charge is 0.317 e. The molecule has 1 aliphatic heterocycles. The molecular weight excluding hydrogens is 262 g/mol. The zero-order chi connectivity index (χ0) is 13.7. The number of nitrogens with zero attached hydrogens (tertiary/aromatic N) is 2. The Bertz CT molecular complexity index is 555. The van der Waals surface area contributed by atoms with Gasteiger partial charge in [0, 0.05) is 6.54 Å². The van der Waals surface area contributed by atoms with Gasteiger partial charge in [0.25, 0.3) is 10.0 Å². The molecule has 6 heteroatoms. The third-order valence-corrected chi connectivity index (χ3v) is 4.80. The molecule has 104 valence electrons. The number of sulfonamides is 1. The maximum Gasteiger partial charge on any atom is 0.267 e. The Morgan fingerprint density at radius 1 is 1.26 bits per heavy atom. The van der Waals surface area contributed by atoms with Crippen LogP contribution < -0.4 is 5.32 Å². The Kier molecular flexibility index (Phi) is 4.55. The van der Waals surface area contributed by atoms with E-state index in [0.717, 1.165) is 25.9 Å². The molecule has 2 rings (SSSR count). The maximum atomic E-state index is 12.3. The fourth-order valence-electron chi connectivity index (χ4n) is 1.97. The van der Waals surface area contributed by atoms with Gasteiger partial charge in [0.05, 0.1) is 5.69 Å². The second kappa shape index (κ2) is 6.16. The first-order chi connectivity index (χ1) is 9.16. The molecule has 1 N–H and O–H groups in total. The zero-order valence-electron chi connectivity index (χ0n) is 11.0. The van der Waals surface area contributed by atoms with Crippen molar-refractivity contribution < 1.29 is 8.42 Å². The highest BCUT2D eigenvalue weighted by atomic mass is 32.2. The smallest absolute Gasteiger partial charge is 0.267 e. The minimum atomic E-state index is -3.41. The fraction of sp³-hybridized carbons (Fsp3) is 0.462. The molecule has 0 aromatic heterocycles. The number of rotatable bonds is 6. The standard InChI is InChI=1S/C13H19N3O2S/c1-2-14-9-5-6-10-16-11-15-12-7-3-4-8-13(12)19(16,17)18/h3-4,7-8,11,14H,2,5-6,9-10H2,1H3. The van der Waals surface area contributed by atoms with Gasteiger partial charge in [-0.1, -0.05) is 19.1 Å². The number of unbranched alkanes of at least 4 members (excludes halogenated alkanes) is 1. The highest BCUT2D eigenvalue weighted by Gasteiger charge is 2.27. The van der Waals surface area contributed by atoms with Crippen molar-refractivity contribution in [1.82, 2.24) is 9.62 Å². The third-order valence-electron chi connectivity index (χ3n) is 3.01. The van der Waals surface area contributed by atoms with Crippen molar-refractivity contribution in [3.8, 4) is 0 Å². The van der Waals surface area contributed by atoms with E-state index in [1.807, 2.05) is 0 Å². The molecule has 5 nitrogen and oxygen atoms in total. The number of nitrogens with one attached hydrogen (secondary N) is 1. The predicted octanol–water partition coefficient (Wildman–Crippen LogP) is 1.74. The van der Waals surface area contributed by atoms with Crippen LogP contribution in [-0.4, -0.2) is 38.7 Å². The Hall–Kier alpha value is -1.40. The van der Waals surface area contributed by atoms with Crippen molar-refractivity contribution >= 4 is 22.0 Å². The van der Waals surface area contributed by atoms with Crippen LogP contribution in [-0.2, 0) is 10.0 Å². The molecule has 0 amide bonds. The number of fused-ring (bicyclic) bond motifs is 1. The highest BCUT2D eigenvalue weighted by Crippen LogP contribution is 2.29. The number of hydrogen-bond donors (Lipinski definition) is 1. The van der Waals surface area contributed by atoms with E-state index in [0.29, 0.717) is 17.1 Å². The number of para-hydroxylation sites is 1. The van der Waals surface area contributed by atoms with E-state index in [9.17, 15) is 8.42 Å². The molecule has 0 aliphatic carbocycles. The quantitative estimate of drug-likeness (QED) is 0.808. The molecule has 0 saturated heterocycles. The summed E-state index contributed by atoms with van der Waals surface area (Å²) in [5, 5.41) is 3.22. The Balaban J connectivity index is 2.01. The molecule has 1 aromatic carbocycles. The van der Waals surface area contributed by atoms with Crippen molar-refractivity contribution in [2.75, 3.05) is 19.6 Å². The van der Waals surface area contributed by atoms with E-state index in [1.54, 1.807) is 24.3 Å². The topological polar surface area (TPSA) is 61.8 Å². The lowest BCUT2D eigenvalue weighted by molar-refractivity contribution is 0.504. The van der Waals surface area contributed by atoms with Crippen LogP contribution in [0.15, 0.2) is 34.2 Å². The molecule has 0 unspecified atom stereocenters. The van der Waals surface area contributed by atoms with Gasteiger partial charge in [-0.3, -0.25) is 4.31 Å². The van der Waals surface area contributed by atoms with E-state index >= 15 is 0 Å². The van der Waals surface area contributed by atoms with Gasteiger partial charge in [-0.25, -0.2) is 13.4 Å². The maximum absolute atomic E-state index is 12.3. The summed E-state index contributed by atoms with van der Waals surface area (Å²) >= 11 is 0. The predicted molar refractivity (Wildman–Crippen MR) is 76.3 cm³/mol. The highest BCUT2D eigenvalue weighted by molar-refractivity contribution is 7.89. The molecule has 1 heterocycles. The summed E-state index contributed by atoms with van der Waals surface area (Å²) in [6.45, 7) is 4.39. The molecule has 0 bridgehead atoms. The van der Waals surface area contributed by atoms with Crippen LogP contribution in [0.3, 0.4) is 0 Å². The van der Waals surface area contributed by atoms with Crippen LogP contribution in [0.4, 0.5) is 5.69 Å². The lowest BCUT2D eigenvalue weighted by Crippen LogP contribution is -2.33. The third kappa shape index (κ3) is 3.13. The Morgan fingerprint density at radius 3 is 2.84 bits per heavy atom. The lowest BCUT2D eigenvalue weighted by Gasteiger charge is -2.23. The van der Waals surface area contributed by atoms with Gasteiger partial charge in [-0.05, 0) is 38.1 Å². The average Bonchev–Trinajstić information content (AvgIpc) is 2.41. The number of hydrogen-bond acceptors (Lipinski definition) is 4. The van der Waals surface area contributed by atoms with Crippen LogP contribution >= 0.6 is 0 Å². The van der Waals surface area contributed by atoms with Gasteiger partial charge in [0.15, 0.2) is 0 Å². The Morgan fingerprint density at radius 2 is 2.05 bits per heavy atom. The van der Waals surface area contributed by atoms with Crippen molar-refractivity contribution in [3.05, 3.63) is 24.3 Å². The summed E-state index contributed by atoms with van der Waals surface area (Å²) in [4.78, 5) is 4.49. The molecular formula is C13H19N3O2S. The van der Waals surface area contributed by atoms with Gasteiger partial charge >= 0.3 is 0 Å². The van der Waals surface area contributed by atoms with E-state index in [4.69, 9.17) is 0 Å². The average molecular weight is 281 g/mol. The van der Waals surface area contributed by atoms with Crippen LogP contribution in [0.1, 0.15) is 19.8 Å². The first-order valence-corrected chi connectivity index (χ1v) is 7.96. The molecule has 1 aromatic rings. The summed E-state index contributed by atoms with van der Waals surface area (Å²) in [6.07, 6.45) is 3.20. The summed E-state index contributed by atoms with van der Waals surface area (Å²) in [5.41, 5.74) is 0.520. The van der Waals surface area contributed by atoms with Gasteiger partial charge < -0.3 is 5.32 Å². The first-order valence-electron chi connectivity index (χ1n) is 6.52. The van der Waals surface area contributed by atoms with Crippen LogP contribution in [0.25, 0.3) is 0 Å². The SMILES string of the molecule is CCNCCCCN1C=Nc2ccccc2S1(=O)=O. The summed E-state index contributed by atoms with van der Waals surface area (Å²) in [5.74, 6) is 0. The summed E-state index contributed by atoms with van der Waals surface area (Å²) < 4.78 is 26.0. The minimum absolute atomic E-state index is 0.296. The molecule has 1 aliphatic rings. The van der Waals surface area contributed by atoms with E-state index in [1.165, 1.54) is 10.6 Å². The molecule has 0 spiro atoms. The zero-order valence-corrected chi connectivity index (χ0v) is 11.9. The van der Waals surface area contributed by atoms with Crippen molar-refractivity contribution in [2.24, 2.45) is 4.99 Å². The second-order valence-electron chi connectivity index (χ2n) is 4.39. The molecule has 0 atom stereocenters. The van der Waals surface area contributed by atoms with Gasteiger partial charge in [0.2, 0.25) is 0 Å². The second-order valence-corrected chi connectivity index (χ2v) is 6.25. The minimum Gasteiger partial charge on any atom is -0.317 e. The summed E-state index contributed by atoms with van der Waals surface area (Å²) in [7, 11) is -3.41. The lowest BCUT2D eigenvalue weighted by atomic mass is 10.3. The van der Waals surface area contributed by atoms with Gasteiger partial charge in [-0.15, -0.1) is 0 Å². The summed E-state index contributed by atoms with van der Waals surface area (Å²) in [6, 6.07) is 6.83. The number of aliphatic imine (C=N–C) groups is 1. The van der Waals surface area contributed by atoms with Crippen molar-refractivity contribution in [2.45, 2.75) is 24.7 Å². The van der Waals surface area contributed by atoms with Crippen molar-refractivity contribution in [1.29, 1.82) is 0 Å². The van der Waals surface area contributed by atoms with Gasteiger partial charge in [0.1, 0.15) is 11.2 Å². The Labute approximate surface area is 114 Å². The molecule has 0 fully saturated rings. The fourth-order valence-corrected chi connectivity index (χ4v) is 3.40. The first kappa shape index (κ1) is 14.0. The van der Waals surface area contributed by atoms with E-state index in [2.05, 4.69) is 17.2 Å². The van der Waals surface area contributed by atoms with Crippen LogP contribution in [0.2, 0.25) is 0 Å². The van der Waals surface area contributed by atoms with E-state index in [-0.39, 0.29) is 0 Å². The van der Waals surface area contributed by atoms with Gasteiger partial charge in [-0.2, -0.15) is 0 Å². The molecule has 19 heavy (non-hydrogen) atoms. The molecule has 0 radical (unpaired) electrons. The normalized spacial score (nSPS) is 16.4. The van der Waals surface area contributed by atoms with Crippen molar-refractivity contribution in [3.63, 3.8) is 0 Å². The van der Waals surface area contributed by atoms with Crippen LogP contribution in [0, 0.1) is 0 Å². The van der Waals surface area contributed by atoms with Crippen LogP contribution in [0.5, 0.6) is 0 Å².